The monoisotopic (exact) mass is 191 g/mol. The van der Waals surface area contributed by atoms with Crippen LogP contribution < -0.4 is 5.73 Å². The minimum Gasteiger partial charge on any atom is -0.330 e. The fourth-order valence-corrected chi connectivity index (χ4v) is 1.16. The Balaban J connectivity index is 3.08. The van der Waals surface area contributed by atoms with Gasteiger partial charge in [-0.2, -0.15) is 0 Å². The van der Waals surface area contributed by atoms with Crippen LogP contribution in [0.4, 0.5) is 8.78 Å². The maximum Gasteiger partial charge on any atom is 0.177 e. The molecule has 0 radical (unpaired) electrons. The van der Waals surface area contributed by atoms with Crippen LogP contribution in [0.5, 0.6) is 0 Å². The highest BCUT2D eigenvalue weighted by Crippen LogP contribution is 2.22. The van der Waals surface area contributed by atoms with E-state index in [2.05, 4.69) is 0 Å². The summed E-state index contributed by atoms with van der Waals surface area (Å²) < 4.78 is 25.3. The molecular formula is C8H8ClF2N. The molecule has 0 aliphatic heterocycles. The summed E-state index contributed by atoms with van der Waals surface area (Å²) in [6.07, 6.45) is 0.454. The van der Waals surface area contributed by atoms with Crippen molar-refractivity contribution in [3.8, 4) is 0 Å². The van der Waals surface area contributed by atoms with Gasteiger partial charge in [0.25, 0.3) is 0 Å². The number of nitrogens with two attached hydrogens (primary N) is 1. The molecule has 0 spiro atoms. The van der Waals surface area contributed by atoms with Gasteiger partial charge in [-0.25, -0.2) is 8.78 Å². The fraction of sp³-hybridized carbons (Fsp3) is 0.250. The van der Waals surface area contributed by atoms with Gasteiger partial charge in [0, 0.05) is 0 Å². The topological polar surface area (TPSA) is 26.0 Å². The van der Waals surface area contributed by atoms with Crippen molar-refractivity contribution >= 4 is 11.6 Å². The zero-order chi connectivity index (χ0) is 9.14. The van der Waals surface area contributed by atoms with E-state index >= 15 is 0 Å². The zero-order valence-electron chi connectivity index (χ0n) is 6.28. The molecule has 0 saturated carbocycles. The Morgan fingerprint density at radius 2 is 2.00 bits per heavy atom. The molecule has 4 heteroatoms. The molecule has 1 nitrogen and oxygen atoms in total. The molecule has 0 aromatic heterocycles. The van der Waals surface area contributed by atoms with Gasteiger partial charge in [-0.1, -0.05) is 17.7 Å². The SMILES string of the molecule is NCCc1ccc(F)c(F)c1Cl. The van der Waals surface area contributed by atoms with E-state index in [1.54, 1.807) is 0 Å². The minimum atomic E-state index is -0.998. The number of halogens is 3. The molecule has 0 fully saturated rings. The second-order valence-electron chi connectivity index (χ2n) is 2.37. The summed E-state index contributed by atoms with van der Waals surface area (Å²) >= 11 is 5.51. The van der Waals surface area contributed by atoms with Gasteiger partial charge in [-0.05, 0) is 24.6 Å². The lowest BCUT2D eigenvalue weighted by molar-refractivity contribution is 0.507. The highest BCUT2D eigenvalue weighted by atomic mass is 35.5. The lowest BCUT2D eigenvalue weighted by atomic mass is 10.1. The molecule has 1 aromatic carbocycles. The Morgan fingerprint density at radius 3 is 2.58 bits per heavy atom. The number of rotatable bonds is 2. The molecule has 2 N–H and O–H groups in total. The maximum atomic E-state index is 12.8. The van der Waals surface area contributed by atoms with Crippen molar-refractivity contribution in [3.63, 3.8) is 0 Å². The molecule has 0 heterocycles. The molecule has 0 aliphatic carbocycles. The molecule has 0 amide bonds. The minimum absolute atomic E-state index is 0.166. The van der Waals surface area contributed by atoms with Crippen LogP contribution in [0.1, 0.15) is 5.56 Å². The molecule has 0 bridgehead atoms. The first-order valence-electron chi connectivity index (χ1n) is 3.49. The van der Waals surface area contributed by atoms with E-state index in [0.29, 0.717) is 18.5 Å². The third kappa shape index (κ3) is 1.73. The first kappa shape index (κ1) is 9.42. The summed E-state index contributed by atoms with van der Waals surface area (Å²) in [6.45, 7) is 0.366. The van der Waals surface area contributed by atoms with Crippen molar-refractivity contribution in [2.45, 2.75) is 6.42 Å². The van der Waals surface area contributed by atoms with Crippen molar-refractivity contribution < 1.29 is 8.78 Å². The average molecular weight is 192 g/mol. The second kappa shape index (κ2) is 3.83. The quantitative estimate of drug-likeness (QED) is 0.712. The van der Waals surface area contributed by atoms with Gasteiger partial charge < -0.3 is 5.73 Å². The van der Waals surface area contributed by atoms with Gasteiger partial charge in [0.05, 0.1) is 5.02 Å². The number of benzene rings is 1. The molecular weight excluding hydrogens is 184 g/mol. The van der Waals surface area contributed by atoms with Gasteiger partial charge >= 0.3 is 0 Å². The van der Waals surface area contributed by atoms with Crippen LogP contribution in [-0.2, 0) is 6.42 Å². The summed E-state index contributed by atoms with van der Waals surface area (Å²) in [7, 11) is 0. The molecule has 0 aliphatic rings. The molecule has 1 aromatic rings. The van der Waals surface area contributed by atoms with Gasteiger partial charge in [-0.15, -0.1) is 0 Å². The Morgan fingerprint density at radius 1 is 1.33 bits per heavy atom. The predicted molar refractivity (Wildman–Crippen MR) is 44.1 cm³/mol. The largest absolute Gasteiger partial charge is 0.330 e. The fourth-order valence-electron chi connectivity index (χ4n) is 0.914. The molecule has 12 heavy (non-hydrogen) atoms. The first-order chi connectivity index (χ1) is 5.66. The standard InChI is InChI=1S/C8H8ClF2N/c9-7-5(3-4-12)1-2-6(10)8(7)11/h1-2H,3-4,12H2. The third-order valence-corrected chi connectivity index (χ3v) is 1.94. The summed E-state index contributed by atoms with van der Waals surface area (Å²) in [4.78, 5) is 0. The normalized spacial score (nSPS) is 10.3. The van der Waals surface area contributed by atoms with Crippen molar-refractivity contribution in [3.05, 3.63) is 34.4 Å². The van der Waals surface area contributed by atoms with Crippen LogP contribution >= 0.6 is 11.6 Å². The molecule has 66 valence electrons. The lowest BCUT2D eigenvalue weighted by Crippen LogP contribution is -2.04. The van der Waals surface area contributed by atoms with Crippen LogP contribution in [0.25, 0.3) is 0 Å². The van der Waals surface area contributed by atoms with Crippen LogP contribution in [0.3, 0.4) is 0 Å². The Labute approximate surface area is 74.1 Å². The van der Waals surface area contributed by atoms with E-state index in [4.69, 9.17) is 17.3 Å². The van der Waals surface area contributed by atoms with Crippen LogP contribution in [0.15, 0.2) is 12.1 Å². The van der Waals surface area contributed by atoms with E-state index < -0.39 is 11.6 Å². The van der Waals surface area contributed by atoms with E-state index in [1.165, 1.54) is 6.07 Å². The van der Waals surface area contributed by atoms with Crippen LogP contribution in [0, 0.1) is 11.6 Å². The van der Waals surface area contributed by atoms with Crippen molar-refractivity contribution in [2.75, 3.05) is 6.54 Å². The Bertz CT molecular complexity index is 289. The summed E-state index contributed by atoms with van der Waals surface area (Å²) in [5.41, 5.74) is 5.78. The summed E-state index contributed by atoms with van der Waals surface area (Å²) in [5.74, 6) is -1.93. The second-order valence-corrected chi connectivity index (χ2v) is 2.75. The zero-order valence-corrected chi connectivity index (χ0v) is 7.04. The molecule has 0 atom stereocenters. The summed E-state index contributed by atoms with van der Waals surface area (Å²) in [6, 6.07) is 2.49. The number of hydrogen-bond acceptors (Lipinski definition) is 1. The average Bonchev–Trinajstić information content (AvgIpc) is 2.07. The third-order valence-electron chi connectivity index (χ3n) is 1.53. The van der Waals surface area contributed by atoms with Gasteiger partial charge in [0.1, 0.15) is 0 Å². The van der Waals surface area contributed by atoms with Gasteiger partial charge in [-0.3, -0.25) is 0 Å². The van der Waals surface area contributed by atoms with Gasteiger partial charge in [0.15, 0.2) is 11.6 Å². The van der Waals surface area contributed by atoms with Crippen molar-refractivity contribution in [1.82, 2.24) is 0 Å². The lowest BCUT2D eigenvalue weighted by Gasteiger charge is -2.03. The Kier molecular flexibility index (Phi) is 3.00. The molecule has 1 rings (SSSR count). The van der Waals surface area contributed by atoms with E-state index in [-0.39, 0.29) is 5.02 Å². The molecule has 0 saturated heterocycles. The van der Waals surface area contributed by atoms with E-state index in [1.807, 2.05) is 0 Å². The first-order valence-corrected chi connectivity index (χ1v) is 3.87. The van der Waals surface area contributed by atoms with Crippen LogP contribution in [0.2, 0.25) is 5.02 Å². The van der Waals surface area contributed by atoms with Crippen LogP contribution in [-0.4, -0.2) is 6.54 Å². The van der Waals surface area contributed by atoms with E-state index in [0.717, 1.165) is 6.07 Å². The summed E-state index contributed by atoms with van der Waals surface area (Å²) in [5, 5.41) is -0.166. The Hall–Kier alpha value is -0.670. The molecule has 0 unspecified atom stereocenters. The predicted octanol–water partition coefficient (Wildman–Crippen LogP) is 2.12. The van der Waals surface area contributed by atoms with Crippen molar-refractivity contribution in [2.24, 2.45) is 5.73 Å². The van der Waals surface area contributed by atoms with E-state index in [9.17, 15) is 8.78 Å². The number of hydrogen-bond donors (Lipinski definition) is 1. The highest BCUT2D eigenvalue weighted by Gasteiger charge is 2.10. The van der Waals surface area contributed by atoms with Gasteiger partial charge in [0.2, 0.25) is 0 Å². The smallest absolute Gasteiger partial charge is 0.177 e. The highest BCUT2D eigenvalue weighted by molar-refractivity contribution is 6.31. The van der Waals surface area contributed by atoms with Crippen molar-refractivity contribution in [1.29, 1.82) is 0 Å². The maximum absolute atomic E-state index is 12.8.